The fourth-order valence-corrected chi connectivity index (χ4v) is 2.74. The molecule has 1 unspecified atom stereocenters. The van der Waals surface area contributed by atoms with Crippen molar-refractivity contribution in [1.29, 1.82) is 0 Å². The Kier molecular flexibility index (Phi) is 8.33. The first-order valence-electron chi connectivity index (χ1n) is 7.94. The van der Waals surface area contributed by atoms with Crippen molar-refractivity contribution in [3.63, 3.8) is 0 Å². The van der Waals surface area contributed by atoms with Gasteiger partial charge in [0.25, 0.3) is 0 Å². The van der Waals surface area contributed by atoms with E-state index in [-0.39, 0.29) is 50.4 Å². The molecule has 0 saturated carbocycles. The van der Waals surface area contributed by atoms with E-state index in [1.54, 1.807) is 0 Å². The Hall–Kier alpha value is -1.83. The summed E-state index contributed by atoms with van der Waals surface area (Å²) < 4.78 is 0. The third-order valence-electron chi connectivity index (χ3n) is 4.15. The van der Waals surface area contributed by atoms with Crippen LogP contribution in [0.1, 0.15) is 30.0 Å². The van der Waals surface area contributed by atoms with Crippen LogP contribution in [-0.4, -0.2) is 11.6 Å². The molecule has 2 aromatic carbocycles. The zero-order valence-electron chi connectivity index (χ0n) is 15.4. The molecule has 0 aromatic heterocycles. The molecule has 0 bridgehead atoms. The number of nitrogens with one attached hydrogen (secondary N) is 2. The Balaban J connectivity index is 0.00000169. The molecule has 0 radical (unpaired) electrons. The number of rotatable bonds is 4. The third-order valence-corrected chi connectivity index (χ3v) is 4.15. The molecule has 2 aromatic rings. The predicted molar refractivity (Wildman–Crippen MR) is 104 cm³/mol. The van der Waals surface area contributed by atoms with Crippen molar-refractivity contribution >= 4 is 23.0 Å². The van der Waals surface area contributed by atoms with Crippen LogP contribution in [0.2, 0.25) is 0 Å². The van der Waals surface area contributed by atoms with Crippen molar-refractivity contribution in [3.05, 3.63) is 79.2 Å². The Bertz CT molecular complexity index is 815. The second kappa shape index (κ2) is 9.76. The first-order valence-corrected chi connectivity index (χ1v) is 7.94. The molecule has 0 spiro atoms. The van der Waals surface area contributed by atoms with Gasteiger partial charge in [-0.05, 0) is 18.6 Å². The second-order valence-electron chi connectivity index (χ2n) is 6.06. The third kappa shape index (κ3) is 5.09. The smallest absolute Gasteiger partial charge is 0.358 e. The van der Waals surface area contributed by atoms with Crippen LogP contribution in [0.5, 0.6) is 0 Å². The number of amides is 1. The van der Waals surface area contributed by atoms with Crippen molar-refractivity contribution in [2.45, 2.75) is 20.3 Å². The summed E-state index contributed by atoms with van der Waals surface area (Å²) in [7, 11) is 0. The van der Waals surface area contributed by atoms with Crippen molar-refractivity contribution in [1.82, 2.24) is 5.43 Å². The van der Waals surface area contributed by atoms with E-state index in [2.05, 4.69) is 40.6 Å². The van der Waals surface area contributed by atoms with Gasteiger partial charge in [-0.15, -0.1) is 5.56 Å². The van der Waals surface area contributed by atoms with E-state index in [9.17, 15) is 4.79 Å². The van der Waals surface area contributed by atoms with Gasteiger partial charge in [-0.1, -0.05) is 25.6 Å². The quantitative estimate of drug-likeness (QED) is 0.542. The number of hydrazone groups is 1. The van der Waals surface area contributed by atoms with E-state index in [0.29, 0.717) is 6.42 Å². The molecule has 5 heteroatoms. The molecule has 0 saturated heterocycles. The number of nitrogens with zero attached hydrogens (tertiary/aromatic N) is 1. The first kappa shape index (κ1) is 22.2. The molecule has 1 heterocycles. The summed E-state index contributed by atoms with van der Waals surface area (Å²) in [6.07, 6.45) is 0.461. The van der Waals surface area contributed by atoms with Crippen LogP contribution in [0.3, 0.4) is 0 Å². The molecule has 2 N–H and O–H groups in total. The molecule has 1 atom stereocenters. The molecule has 1 aliphatic heterocycles. The molecule has 1 aliphatic rings. The largest absolute Gasteiger partial charge is 2.00 e. The minimum atomic E-state index is -0.0361. The molecular formula is C21H23N3OU. The van der Waals surface area contributed by atoms with Crippen LogP contribution in [-0.2, 0) is 4.79 Å². The molecule has 1 amide bonds. The standard InChI is InChI=1S/C20H20N3O.CH3.U/c1-13-9-10-17(20-14(2)11-19(24)22-23-20)12-18(13)21-15(3)16-7-5-4-6-8-16;;/h5-10,12,14,21H,3,11H2,1-2H3,(H,22,24);1H3;/q2*-1;+2. The molecule has 4 nitrogen and oxygen atoms in total. The summed E-state index contributed by atoms with van der Waals surface area (Å²) in [6.45, 7) is 8.18. The van der Waals surface area contributed by atoms with Gasteiger partial charge < -0.3 is 12.7 Å². The first-order chi connectivity index (χ1) is 11.5. The molecule has 3 rings (SSSR count). The maximum Gasteiger partial charge on any atom is 2.00 e. The van der Waals surface area contributed by atoms with Crippen molar-refractivity contribution in [2.75, 3.05) is 5.32 Å². The summed E-state index contributed by atoms with van der Waals surface area (Å²) in [5.41, 5.74) is 8.43. The number of carbonyl (C=O) groups is 1. The number of aryl methyl sites for hydroxylation is 1. The molecular weight excluding hydrogens is 548 g/mol. The van der Waals surface area contributed by atoms with E-state index in [1.165, 1.54) is 0 Å². The summed E-state index contributed by atoms with van der Waals surface area (Å²) in [4.78, 5) is 11.4. The number of benzene rings is 2. The predicted octanol–water partition coefficient (Wildman–Crippen LogP) is 4.19. The van der Waals surface area contributed by atoms with E-state index < -0.39 is 0 Å². The van der Waals surface area contributed by atoms with Crippen LogP contribution < -0.4 is 10.7 Å². The van der Waals surface area contributed by atoms with E-state index in [4.69, 9.17) is 0 Å². The van der Waals surface area contributed by atoms with Crippen LogP contribution in [0.15, 0.2) is 54.1 Å². The molecule has 0 aliphatic carbocycles. The Morgan fingerprint density at radius 3 is 2.65 bits per heavy atom. The summed E-state index contributed by atoms with van der Waals surface area (Å²) in [6, 6.07) is 16.8. The average molecular weight is 571 g/mol. The zero-order valence-corrected chi connectivity index (χ0v) is 19.6. The summed E-state index contributed by atoms with van der Waals surface area (Å²) in [5.74, 6) is 0.0631. The Morgan fingerprint density at radius 2 is 2.00 bits per heavy atom. The second-order valence-corrected chi connectivity index (χ2v) is 6.06. The normalized spacial score (nSPS) is 15.7. The van der Waals surface area contributed by atoms with E-state index >= 15 is 0 Å². The average Bonchev–Trinajstić information content (AvgIpc) is 2.58. The van der Waals surface area contributed by atoms with E-state index in [0.717, 1.165) is 33.8 Å². The van der Waals surface area contributed by atoms with Crippen LogP contribution in [0.25, 0.3) is 5.70 Å². The maximum atomic E-state index is 11.4. The minimum Gasteiger partial charge on any atom is -0.358 e. The number of anilines is 1. The van der Waals surface area contributed by atoms with Gasteiger partial charge in [0.05, 0.1) is 5.71 Å². The van der Waals surface area contributed by atoms with E-state index in [1.807, 2.05) is 44.2 Å². The van der Waals surface area contributed by atoms with Crippen molar-refractivity contribution in [2.24, 2.45) is 11.0 Å². The number of carbonyl (C=O) groups excluding carboxylic acids is 1. The Morgan fingerprint density at radius 1 is 1.31 bits per heavy atom. The number of hydrogen-bond donors (Lipinski definition) is 2. The van der Waals surface area contributed by atoms with Gasteiger partial charge >= 0.3 is 31.1 Å². The van der Waals surface area contributed by atoms with Crippen LogP contribution in [0.4, 0.5) is 5.69 Å². The van der Waals surface area contributed by atoms with Crippen molar-refractivity contribution in [3.8, 4) is 0 Å². The number of hydrogen-bond acceptors (Lipinski definition) is 3. The fraction of sp³-hybridized carbons (Fsp3) is 0.190. The zero-order chi connectivity index (χ0) is 17.1. The van der Waals surface area contributed by atoms with Gasteiger partial charge in [-0.3, -0.25) is 4.79 Å². The monoisotopic (exact) mass is 571 g/mol. The minimum absolute atomic E-state index is 0. The fourth-order valence-electron chi connectivity index (χ4n) is 2.74. The molecule has 132 valence electrons. The SMILES string of the molecule is C=C(Nc1cc(C2=NNC(=O)CC2C)ccc1C)c1cc[c-]cc1.[CH3-].[U+2]. The van der Waals surface area contributed by atoms with Gasteiger partial charge in [-0.25, -0.2) is 5.43 Å². The van der Waals surface area contributed by atoms with Gasteiger partial charge in [0, 0.05) is 29.3 Å². The van der Waals surface area contributed by atoms with Crippen LogP contribution >= 0.6 is 0 Å². The summed E-state index contributed by atoms with van der Waals surface area (Å²) >= 11 is 0. The molecule has 0 fully saturated rings. The van der Waals surface area contributed by atoms with Gasteiger partial charge in [0.1, 0.15) is 0 Å². The van der Waals surface area contributed by atoms with Crippen LogP contribution in [0, 0.1) is 57.4 Å². The van der Waals surface area contributed by atoms with Gasteiger partial charge in [0.2, 0.25) is 5.91 Å². The topological polar surface area (TPSA) is 53.5 Å². The summed E-state index contributed by atoms with van der Waals surface area (Å²) in [5, 5.41) is 7.61. The van der Waals surface area contributed by atoms with Gasteiger partial charge in [0.15, 0.2) is 0 Å². The Labute approximate surface area is 179 Å². The molecule has 26 heavy (non-hydrogen) atoms. The maximum absolute atomic E-state index is 11.4. The van der Waals surface area contributed by atoms with Crippen molar-refractivity contribution < 1.29 is 35.9 Å². The van der Waals surface area contributed by atoms with Gasteiger partial charge in [-0.2, -0.15) is 35.4 Å².